The van der Waals surface area contributed by atoms with Crippen molar-refractivity contribution in [1.82, 2.24) is 19.7 Å². The van der Waals surface area contributed by atoms with Crippen molar-refractivity contribution in [2.24, 2.45) is 4.99 Å². The largest absolute Gasteiger partial charge is 0.368 e. The molecule has 1 fully saturated rings. The number of hydrogen-bond donors (Lipinski definition) is 2. The van der Waals surface area contributed by atoms with Gasteiger partial charge in [0.2, 0.25) is 0 Å². The summed E-state index contributed by atoms with van der Waals surface area (Å²) in [6.45, 7) is 4.45. The van der Waals surface area contributed by atoms with Crippen LogP contribution in [0.15, 0.2) is 65.9 Å². The molecule has 0 bridgehead atoms. The fourth-order valence-corrected chi connectivity index (χ4v) is 4.55. The van der Waals surface area contributed by atoms with Crippen LogP contribution in [0.2, 0.25) is 0 Å². The summed E-state index contributed by atoms with van der Waals surface area (Å²) in [6.07, 6.45) is 5.20. The van der Waals surface area contributed by atoms with Crippen molar-refractivity contribution in [3.63, 3.8) is 0 Å². The van der Waals surface area contributed by atoms with Crippen LogP contribution in [0.5, 0.6) is 0 Å². The molecule has 3 aromatic rings. The predicted octanol–water partition coefficient (Wildman–Crippen LogP) is 3.41. The van der Waals surface area contributed by atoms with Gasteiger partial charge < -0.3 is 15.5 Å². The number of nitrogens with one attached hydrogen (secondary N) is 2. The fraction of sp³-hybridized carbons (Fsp3) is 0.333. The number of aromatic nitrogens is 3. The zero-order valence-corrected chi connectivity index (χ0v) is 18.2. The van der Waals surface area contributed by atoms with Gasteiger partial charge in [0.25, 0.3) is 5.91 Å². The molecule has 164 valence electrons. The van der Waals surface area contributed by atoms with Crippen LogP contribution in [0, 0.1) is 0 Å². The first-order chi connectivity index (χ1) is 15.7. The quantitative estimate of drug-likeness (QED) is 0.664. The van der Waals surface area contributed by atoms with Crippen LogP contribution in [0.1, 0.15) is 35.8 Å². The third kappa shape index (κ3) is 3.72. The third-order valence-corrected chi connectivity index (χ3v) is 6.15. The van der Waals surface area contributed by atoms with Gasteiger partial charge in [-0.1, -0.05) is 30.3 Å². The molecule has 1 atom stereocenters. The number of aryl methyl sites for hydroxylation is 1. The van der Waals surface area contributed by atoms with Gasteiger partial charge in [0.05, 0.1) is 18.8 Å². The Morgan fingerprint density at radius 2 is 2.03 bits per heavy atom. The minimum absolute atomic E-state index is 0.00428. The molecular weight excluding hydrogens is 402 g/mol. The first-order valence-corrected chi connectivity index (χ1v) is 11.1. The van der Waals surface area contributed by atoms with Crippen molar-refractivity contribution in [1.29, 1.82) is 0 Å². The maximum Gasteiger partial charge on any atom is 0.272 e. The van der Waals surface area contributed by atoms with E-state index in [1.807, 2.05) is 42.2 Å². The minimum Gasteiger partial charge on any atom is -0.368 e. The second kappa shape index (κ2) is 8.45. The van der Waals surface area contributed by atoms with Crippen LogP contribution in [0.3, 0.4) is 0 Å². The van der Waals surface area contributed by atoms with Crippen molar-refractivity contribution in [2.45, 2.75) is 38.4 Å². The fourth-order valence-electron chi connectivity index (χ4n) is 4.55. The lowest BCUT2D eigenvalue weighted by Gasteiger charge is -2.47. The lowest BCUT2D eigenvalue weighted by Crippen LogP contribution is -2.62. The molecule has 2 N–H and O–H groups in total. The van der Waals surface area contributed by atoms with E-state index >= 15 is 0 Å². The number of pyridine rings is 1. The second-order valence-electron chi connectivity index (χ2n) is 8.24. The molecule has 32 heavy (non-hydrogen) atoms. The molecule has 2 aliphatic heterocycles. The highest BCUT2D eigenvalue weighted by molar-refractivity contribution is 6.09. The summed E-state index contributed by atoms with van der Waals surface area (Å²) in [5.74, 6) is 1.59. The molecule has 1 spiro atoms. The third-order valence-electron chi connectivity index (χ3n) is 6.15. The summed E-state index contributed by atoms with van der Waals surface area (Å²) in [5, 5.41) is 11.4. The zero-order chi connectivity index (χ0) is 22.0. The van der Waals surface area contributed by atoms with E-state index in [9.17, 15) is 4.79 Å². The smallest absolute Gasteiger partial charge is 0.272 e. The average molecular weight is 430 g/mol. The van der Waals surface area contributed by atoms with E-state index in [0.29, 0.717) is 31.9 Å². The molecule has 0 unspecified atom stereocenters. The highest BCUT2D eigenvalue weighted by atomic mass is 16.2. The van der Waals surface area contributed by atoms with Crippen LogP contribution in [-0.4, -0.2) is 50.0 Å². The highest BCUT2D eigenvalue weighted by Crippen LogP contribution is 2.35. The van der Waals surface area contributed by atoms with E-state index in [-0.39, 0.29) is 5.91 Å². The number of amides is 1. The molecule has 8 heteroatoms. The summed E-state index contributed by atoms with van der Waals surface area (Å²) >= 11 is 0. The maximum absolute atomic E-state index is 13.4. The normalized spacial score (nSPS) is 21.2. The maximum atomic E-state index is 13.4. The Morgan fingerprint density at radius 1 is 1.16 bits per heavy atom. The molecule has 1 saturated heterocycles. The lowest BCUT2D eigenvalue weighted by atomic mass is 9.85. The van der Waals surface area contributed by atoms with Gasteiger partial charge in [0.1, 0.15) is 17.1 Å². The van der Waals surface area contributed by atoms with Crippen molar-refractivity contribution >= 4 is 23.2 Å². The van der Waals surface area contributed by atoms with Gasteiger partial charge in [0.15, 0.2) is 5.82 Å². The molecule has 0 aliphatic carbocycles. The first kappa shape index (κ1) is 20.2. The molecule has 0 saturated carbocycles. The molecule has 2 aromatic heterocycles. The first-order valence-electron chi connectivity index (χ1n) is 11.1. The molecule has 1 aromatic carbocycles. The Labute approximate surface area is 187 Å². The Bertz CT molecular complexity index is 1140. The van der Waals surface area contributed by atoms with Crippen LogP contribution in [0.4, 0.5) is 11.5 Å². The van der Waals surface area contributed by atoms with E-state index in [4.69, 9.17) is 4.99 Å². The van der Waals surface area contributed by atoms with Gasteiger partial charge in [-0.25, -0.2) is 4.98 Å². The van der Waals surface area contributed by atoms with Gasteiger partial charge >= 0.3 is 0 Å². The van der Waals surface area contributed by atoms with Gasteiger partial charge in [-0.15, -0.1) is 0 Å². The van der Waals surface area contributed by atoms with Crippen LogP contribution < -0.4 is 10.6 Å². The molecule has 0 radical (unpaired) electrons. The van der Waals surface area contributed by atoms with Crippen LogP contribution in [0.25, 0.3) is 0 Å². The molecule has 8 nitrogen and oxygen atoms in total. The monoisotopic (exact) mass is 429 g/mol. The Kier molecular flexibility index (Phi) is 5.34. The van der Waals surface area contributed by atoms with E-state index in [1.165, 1.54) is 0 Å². The van der Waals surface area contributed by atoms with E-state index < -0.39 is 5.54 Å². The number of nitrogens with zero attached hydrogens (tertiary/aromatic N) is 5. The van der Waals surface area contributed by atoms with E-state index in [0.717, 1.165) is 35.7 Å². The van der Waals surface area contributed by atoms with Gasteiger partial charge in [-0.2, -0.15) is 5.10 Å². The number of anilines is 2. The molecule has 2 aliphatic rings. The number of hydrogen-bond acceptors (Lipinski definition) is 5. The Morgan fingerprint density at radius 3 is 2.88 bits per heavy atom. The zero-order valence-electron chi connectivity index (χ0n) is 18.2. The Hall–Kier alpha value is -3.68. The number of benzene rings is 1. The van der Waals surface area contributed by atoms with Crippen molar-refractivity contribution in [2.75, 3.05) is 23.7 Å². The Balaban J connectivity index is 1.48. The van der Waals surface area contributed by atoms with Crippen LogP contribution in [-0.2, 0) is 13.1 Å². The van der Waals surface area contributed by atoms with Gasteiger partial charge in [0, 0.05) is 25.5 Å². The van der Waals surface area contributed by atoms with Crippen molar-refractivity contribution < 1.29 is 4.79 Å². The number of rotatable bonds is 4. The predicted molar refractivity (Wildman–Crippen MR) is 125 cm³/mol. The lowest BCUT2D eigenvalue weighted by molar-refractivity contribution is 0.0682. The number of fused-ring (bicyclic) bond motifs is 1. The van der Waals surface area contributed by atoms with E-state index in [1.54, 1.807) is 23.1 Å². The molecular formula is C24H27N7O. The van der Waals surface area contributed by atoms with Gasteiger partial charge in [-0.05, 0) is 43.5 Å². The number of amidine groups is 1. The minimum atomic E-state index is -0.490. The number of likely N-dealkylation sites (tertiary alicyclic amines) is 1. The SMILES string of the molecule is CCn1nccc1C(=O)N1CCC[C@@]2(C1)Nc1cccnc1NC2=NCc1ccccc1. The number of carbonyl (C=O) groups excluding carboxylic acids is 1. The summed E-state index contributed by atoms with van der Waals surface area (Å²) in [5.41, 5.74) is 2.20. The summed E-state index contributed by atoms with van der Waals surface area (Å²) < 4.78 is 1.75. The highest BCUT2D eigenvalue weighted by Gasteiger charge is 2.45. The topological polar surface area (TPSA) is 87.4 Å². The number of piperidine rings is 1. The molecule has 5 rings (SSSR count). The van der Waals surface area contributed by atoms with Gasteiger partial charge in [-0.3, -0.25) is 14.5 Å². The average Bonchev–Trinajstić information content (AvgIpc) is 3.32. The number of aliphatic imine (C=N–C) groups is 1. The summed E-state index contributed by atoms with van der Waals surface area (Å²) in [6, 6.07) is 15.9. The second-order valence-corrected chi connectivity index (χ2v) is 8.24. The van der Waals surface area contributed by atoms with Crippen LogP contribution >= 0.6 is 0 Å². The van der Waals surface area contributed by atoms with Crippen molar-refractivity contribution in [3.05, 3.63) is 72.2 Å². The molecule has 1 amide bonds. The standard InChI is InChI=1S/C24H27N7O/c1-2-31-20(11-14-27-31)22(32)30-15-7-12-24(17-30)23(26-16-18-8-4-3-5-9-18)28-21-19(29-24)10-6-13-25-21/h3-6,8-11,13-14,29H,2,7,12,15-17H2,1H3,(H,25,26,28)/t24-/m0/s1. The molecule has 4 heterocycles. The summed E-state index contributed by atoms with van der Waals surface area (Å²) in [4.78, 5) is 24.7. The summed E-state index contributed by atoms with van der Waals surface area (Å²) in [7, 11) is 0. The van der Waals surface area contributed by atoms with Crippen molar-refractivity contribution in [3.8, 4) is 0 Å². The van der Waals surface area contributed by atoms with E-state index in [2.05, 4.69) is 32.8 Å². The number of carbonyl (C=O) groups is 1.